The Bertz CT molecular complexity index is 360. The molecule has 0 aliphatic heterocycles. The lowest BCUT2D eigenvalue weighted by molar-refractivity contribution is -0.0214. The fourth-order valence-electron chi connectivity index (χ4n) is 5.96. The van der Waals surface area contributed by atoms with Gasteiger partial charge in [-0.15, -0.1) is 0 Å². The molecule has 0 heterocycles. The van der Waals surface area contributed by atoms with Crippen LogP contribution in [0.25, 0.3) is 0 Å². The second-order valence-electron chi connectivity index (χ2n) is 8.58. The largest absolute Gasteiger partial charge is 0.414 e. The van der Waals surface area contributed by atoms with Gasteiger partial charge in [0.1, 0.15) is 0 Å². The summed E-state index contributed by atoms with van der Waals surface area (Å²) in [6.07, 6.45) is 8.18. The van der Waals surface area contributed by atoms with Crippen molar-refractivity contribution >= 4 is 8.32 Å². The van der Waals surface area contributed by atoms with Gasteiger partial charge in [0, 0.05) is 12.7 Å². The fraction of sp³-hybridized carbons (Fsp3) is 1.00. The lowest BCUT2D eigenvalue weighted by Crippen LogP contribution is -2.48. The summed E-state index contributed by atoms with van der Waals surface area (Å²) in [4.78, 5) is 0. The summed E-state index contributed by atoms with van der Waals surface area (Å²) in [5.41, 5.74) is 0.451. The molecule has 0 aromatic rings. The van der Waals surface area contributed by atoms with Crippen LogP contribution >= 0.6 is 0 Å². The number of hydrogen-bond donors (Lipinski definition) is 1. The third-order valence-electron chi connectivity index (χ3n) is 7.74. The molecule has 2 fully saturated rings. The first-order valence-corrected chi connectivity index (χ1v) is 12.8. The summed E-state index contributed by atoms with van der Waals surface area (Å²) in [6, 6.07) is 3.80. The highest BCUT2D eigenvalue weighted by molar-refractivity contribution is 6.73. The van der Waals surface area contributed by atoms with Crippen LogP contribution in [-0.4, -0.2) is 26.1 Å². The lowest BCUT2D eigenvalue weighted by Gasteiger charge is -2.48. The Morgan fingerprint density at radius 1 is 1.13 bits per heavy atom. The van der Waals surface area contributed by atoms with Crippen LogP contribution in [0.3, 0.4) is 0 Å². The standard InChI is InChI=1S/C20H40O2Si/c1-6-23(7-2,8-3)22-19-10-9-14-20(5)17(11-12-18(19)20)16(4)13-15-21/h16-19,21H,6-15H2,1-5H3/t16-,17?,18+,19+,20-/m1/s1. The van der Waals surface area contributed by atoms with Crippen LogP contribution in [0.5, 0.6) is 0 Å². The van der Waals surface area contributed by atoms with Gasteiger partial charge in [0.05, 0.1) is 0 Å². The Labute approximate surface area is 145 Å². The van der Waals surface area contributed by atoms with Gasteiger partial charge in [-0.25, -0.2) is 0 Å². The maximum Gasteiger partial charge on any atom is 0.192 e. The number of aliphatic hydroxyl groups excluding tert-OH is 1. The first kappa shape index (κ1) is 19.5. The minimum atomic E-state index is -1.50. The van der Waals surface area contributed by atoms with Gasteiger partial charge in [0.15, 0.2) is 8.32 Å². The van der Waals surface area contributed by atoms with Crippen molar-refractivity contribution in [2.75, 3.05) is 6.61 Å². The van der Waals surface area contributed by atoms with Gasteiger partial charge in [-0.1, -0.05) is 41.0 Å². The Kier molecular flexibility index (Phi) is 6.78. The maximum absolute atomic E-state index is 9.36. The number of hydrogen-bond acceptors (Lipinski definition) is 2. The molecule has 5 atom stereocenters. The van der Waals surface area contributed by atoms with E-state index in [0.29, 0.717) is 24.0 Å². The highest BCUT2D eigenvalue weighted by atomic mass is 28.4. The third-order valence-corrected chi connectivity index (χ3v) is 12.4. The van der Waals surface area contributed by atoms with Gasteiger partial charge in [-0.3, -0.25) is 0 Å². The molecule has 23 heavy (non-hydrogen) atoms. The molecule has 2 aliphatic carbocycles. The van der Waals surface area contributed by atoms with Gasteiger partial charge in [0.2, 0.25) is 0 Å². The van der Waals surface area contributed by atoms with Crippen LogP contribution < -0.4 is 0 Å². The van der Waals surface area contributed by atoms with Gasteiger partial charge < -0.3 is 9.53 Å². The van der Waals surface area contributed by atoms with Gasteiger partial charge in [0.25, 0.3) is 0 Å². The van der Waals surface area contributed by atoms with Gasteiger partial charge in [-0.05, 0) is 73.4 Å². The second kappa shape index (κ2) is 8.01. The smallest absolute Gasteiger partial charge is 0.192 e. The number of fused-ring (bicyclic) bond motifs is 1. The van der Waals surface area contributed by atoms with Gasteiger partial charge in [-0.2, -0.15) is 0 Å². The minimum absolute atomic E-state index is 0.343. The molecule has 0 amide bonds. The topological polar surface area (TPSA) is 29.5 Å². The van der Waals surface area contributed by atoms with E-state index < -0.39 is 8.32 Å². The van der Waals surface area contributed by atoms with Gasteiger partial charge >= 0.3 is 0 Å². The molecule has 0 bridgehead atoms. The minimum Gasteiger partial charge on any atom is -0.414 e. The first-order valence-electron chi connectivity index (χ1n) is 10.2. The highest BCUT2D eigenvalue weighted by Crippen LogP contribution is 2.59. The summed E-state index contributed by atoms with van der Waals surface area (Å²) in [6.45, 7) is 12.3. The molecule has 136 valence electrons. The van der Waals surface area contributed by atoms with Crippen molar-refractivity contribution in [3.05, 3.63) is 0 Å². The van der Waals surface area contributed by atoms with Crippen LogP contribution in [-0.2, 0) is 4.43 Å². The van der Waals surface area contributed by atoms with E-state index in [2.05, 4.69) is 34.6 Å². The maximum atomic E-state index is 9.36. The summed E-state index contributed by atoms with van der Waals surface area (Å²) >= 11 is 0. The van der Waals surface area contributed by atoms with Crippen molar-refractivity contribution < 1.29 is 9.53 Å². The molecular formula is C20H40O2Si. The molecule has 0 saturated heterocycles. The van der Waals surface area contributed by atoms with Crippen molar-refractivity contribution in [3.8, 4) is 0 Å². The third kappa shape index (κ3) is 3.72. The zero-order chi connectivity index (χ0) is 17.1. The van der Waals surface area contributed by atoms with E-state index in [9.17, 15) is 5.11 Å². The fourth-order valence-corrected chi connectivity index (χ4v) is 8.89. The Morgan fingerprint density at radius 2 is 1.78 bits per heavy atom. The Morgan fingerprint density at radius 3 is 2.35 bits per heavy atom. The zero-order valence-corrected chi connectivity index (χ0v) is 17.2. The predicted molar refractivity (Wildman–Crippen MR) is 101 cm³/mol. The number of aliphatic hydroxyl groups is 1. The van der Waals surface area contributed by atoms with Crippen LogP contribution in [0.15, 0.2) is 0 Å². The normalized spacial score (nSPS) is 36.0. The summed E-state index contributed by atoms with van der Waals surface area (Å²) in [5.74, 6) is 2.20. The van der Waals surface area contributed by atoms with Crippen molar-refractivity contribution in [2.24, 2.45) is 23.2 Å². The van der Waals surface area contributed by atoms with E-state index in [4.69, 9.17) is 4.43 Å². The summed E-state index contributed by atoms with van der Waals surface area (Å²) in [7, 11) is -1.50. The van der Waals surface area contributed by atoms with E-state index >= 15 is 0 Å². The van der Waals surface area contributed by atoms with Crippen LogP contribution in [0, 0.1) is 23.2 Å². The van der Waals surface area contributed by atoms with Crippen LogP contribution in [0.4, 0.5) is 0 Å². The molecule has 1 N–H and O–H groups in total. The molecular weight excluding hydrogens is 300 g/mol. The van der Waals surface area contributed by atoms with E-state index in [0.717, 1.165) is 18.3 Å². The monoisotopic (exact) mass is 340 g/mol. The van der Waals surface area contributed by atoms with Crippen LogP contribution in [0.1, 0.15) is 73.1 Å². The summed E-state index contributed by atoms with van der Waals surface area (Å²) in [5, 5.41) is 9.36. The summed E-state index contributed by atoms with van der Waals surface area (Å²) < 4.78 is 6.98. The molecule has 2 rings (SSSR count). The Hall–Kier alpha value is 0.137. The zero-order valence-electron chi connectivity index (χ0n) is 16.2. The molecule has 2 saturated carbocycles. The lowest BCUT2D eigenvalue weighted by atomic mass is 9.61. The average Bonchev–Trinajstić information content (AvgIpc) is 2.91. The van der Waals surface area contributed by atoms with Crippen LogP contribution in [0.2, 0.25) is 18.1 Å². The molecule has 0 aromatic heterocycles. The van der Waals surface area contributed by atoms with Crippen molar-refractivity contribution in [1.29, 1.82) is 0 Å². The SMILES string of the molecule is CC[Si](CC)(CC)O[C@H]1CCC[C@]2(C)C([C@H](C)CCO)CC[C@@H]12. The van der Waals surface area contributed by atoms with Crippen molar-refractivity contribution in [3.63, 3.8) is 0 Å². The van der Waals surface area contributed by atoms with Crippen molar-refractivity contribution in [1.82, 2.24) is 0 Å². The molecule has 3 heteroatoms. The first-order chi connectivity index (χ1) is 11.0. The highest BCUT2D eigenvalue weighted by Gasteiger charge is 2.53. The molecule has 1 unspecified atom stereocenters. The number of rotatable bonds is 8. The van der Waals surface area contributed by atoms with E-state index in [1.807, 2.05) is 0 Å². The second-order valence-corrected chi connectivity index (χ2v) is 13.3. The average molecular weight is 341 g/mol. The van der Waals surface area contributed by atoms with E-state index in [1.165, 1.54) is 50.2 Å². The van der Waals surface area contributed by atoms with E-state index in [1.54, 1.807) is 0 Å². The molecule has 2 aliphatic rings. The quantitative estimate of drug-likeness (QED) is 0.582. The predicted octanol–water partition coefficient (Wildman–Crippen LogP) is 5.61. The van der Waals surface area contributed by atoms with Crippen molar-refractivity contribution in [2.45, 2.75) is 97.4 Å². The molecule has 0 spiro atoms. The molecule has 2 nitrogen and oxygen atoms in total. The molecule has 0 aromatic carbocycles. The van der Waals surface area contributed by atoms with E-state index in [-0.39, 0.29) is 0 Å². The Balaban J connectivity index is 2.14. The molecule has 0 radical (unpaired) electrons.